The number of fused-ring (bicyclic) bond motifs is 1. The molecule has 4 nitrogen and oxygen atoms in total. The van der Waals surface area contributed by atoms with Gasteiger partial charge < -0.3 is 10.3 Å². The largest absolute Gasteiger partial charge is 0.348 e. The molecule has 1 unspecified atom stereocenters. The quantitative estimate of drug-likeness (QED) is 0.869. The first-order valence-corrected chi connectivity index (χ1v) is 6.30. The second-order valence-corrected chi connectivity index (χ2v) is 4.74. The summed E-state index contributed by atoms with van der Waals surface area (Å²) in [5, 5.41) is 2.65. The summed E-state index contributed by atoms with van der Waals surface area (Å²) >= 11 is 0. The van der Waals surface area contributed by atoms with Gasteiger partial charge in [-0.1, -0.05) is 12.1 Å². The second kappa shape index (κ2) is 4.84. The van der Waals surface area contributed by atoms with Gasteiger partial charge in [0.2, 0.25) is 5.91 Å². The number of aromatic nitrogens is 2. The number of hydrogen-bond acceptors (Lipinski definition) is 2. The minimum atomic E-state index is -0.408. The molecule has 1 aromatic heterocycles. The van der Waals surface area contributed by atoms with Gasteiger partial charge in [0.15, 0.2) is 0 Å². The molecule has 98 valence electrons. The summed E-state index contributed by atoms with van der Waals surface area (Å²) in [6, 6.07) is 6.20. The number of aromatic amines is 1. The molecular weight excluding hydrogens is 245 g/mol. The number of amides is 1. The molecule has 1 aromatic carbocycles. The Labute approximate surface area is 110 Å². The van der Waals surface area contributed by atoms with Gasteiger partial charge >= 0.3 is 0 Å². The van der Waals surface area contributed by atoms with Crippen molar-refractivity contribution in [3.05, 3.63) is 47.8 Å². The van der Waals surface area contributed by atoms with E-state index in [0.29, 0.717) is 6.42 Å². The van der Waals surface area contributed by atoms with E-state index in [-0.39, 0.29) is 17.5 Å². The lowest BCUT2D eigenvalue weighted by Gasteiger charge is -2.20. The predicted octanol–water partition coefficient (Wildman–Crippen LogP) is 2.29. The molecule has 1 heterocycles. The fourth-order valence-electron chi connectivity index (χ4n) is 2.42. The molecule has 0 aliphatic heterocycles. The van der Waals surface area contributed by atoms with E-state index in [9.17, 15) is 9.18 Å². The highest BCUT2D eigenvalue weighted by Gasteiger charge is 2.26. The molecule has 0 radical (unpaired) electrons. The average molecular weight is 259 g/mol. The molecule has 1 aliphatic carbocycles. The minimum absolute atomic E-state index is 0.132. The molecule has 1 atom stereocenters. The number of para-hydroxylation sites is 1. The predicted molar refractivity (Wildman–Crippen MR) is 69.1 cm³/mol. The molecule has 0 saturated carbocycles. The summed E-state index contributed by atoms with van der Waals surface area (Å²) < 4.78 is 13.5. The molecular formula is C14H14FN3O. The monoisotopic (exact) mass is 259 g/mol. The number of anilines is 1. The van der Waals surface area contributed by atoms with Crippen molar-refractivity contribution < 1.29 is 9.18 Å². The normalized spacial score (nSPS) is 17.8. The van der Waals surface area contributed by atoms with Crippen LogP contribution in [0.25, 0.3) is 0 Å². The summed E-state index contributed by atoms with van der Waals surface area (Å²) in [5.41, 5.74) is 2.29. The van der Waals surface area contributed by atoms with E-state index in [4.69, 9.17) is 0 Å². The lowest BCUT2D eigenvalue weighted by Crippen LogP contribution is -2.28. The number of imidazole rings is 1. The average Bonchev–Trinajstić information content (AvgIpc) is 2.88. The maximum Gasteiger partial charge on any atom is 0.227 e. The van der Waals surface area contributed by atoms with E-state index in [1.807, 2.05) is 0 Å². The number of carbonyl (C=O) groups excluding carboxylic acids is 1. The van der Waals surface area contributed by atoms with Gasteiger partial charge in [-0.15, -0.1) is 0 Å². The number of rotatable bonds is 2. The Morgan fingerprint density at radius 3 is 3.11 bits per heavy atom. The Bertz CT molecular complexity index is 608. The minimum Gasteiger partial charge on any atom is -0.348 e. The van der Waals surface area contributed by atoms with Crippen molar-refractivity contribution in [2.45, 2.75) is 19.3 Å². The molecule has 1 amide bonds. The summed E-state index contributed by atoms with van der Waals surface area (Å²) in [7, 11) is 0. The second-order valence-electron chi connectivity index (χ2n) is 4.74. The van der Waals surface area contributed by atoms with E-state index in [1.54, 1.807) is 24.5 Å². The number of nitrogens with one attached hydrogen (secondary N) is 2. The molecule has 2 N–H and O–H groups in total. The van der Waals surface area contributed by atoms with E-state index >= 15 is 0 Å². The van der Waals surface area contributed by atoms with Crippen LogP contribution in [0.4, 0.5) is 10.1 Å². The third kappa shape index (κ3) is 2.36. The van der Waals surface area contributed by atoms with Crippen LogP contribution in [0.15, 0.2) is 30.6 Å². The van der Waals surface area contributed by atoms with E-state index < -0.39 is 5.82 Å². The number of hydrogen-bond donors (Lipinski definition) is 2. The van der Waals surface area contributed by atoms with Crippen LogP contribution in [0.1, 0.15) is 17.8 Å². The van der Waals surface area contributed by atoms with Gasteiger partial charge in [-0.3, -0.25) is 4.79 Å². The van der Waals surface area contributed by atoms with Gasteiger partial charge in [0.05, 0.1) is 17.7 Å². The van der Waals surface area contributed by atoms with Gasteiger partial charge in [-0.2, -0.15) is 0 Å². The van der Waals surface area contributed by atoms with Crippen molar-refractivity contribution in [3.63, 3.8) is 0 Å². The lowest BCUT2D eigenvalue weighted by molar-refractivity contribution is -0.120. The number of nitrogens with zero attached hydrogens (tertiary/aromatic N) is 1. The maximum absolute atomic E-state index is 13.5. The fourth-order valence-corrected chi connectivity index (χ4v) is 2.42. The van der Waals surface area contributed by atoms with E-state index in [0.717, 1.165) is 24.2 Å². The zero-order valence-electron chi connectivity index (χ0n) is 10.3. The summed E-state index contributed by atoms with van der Waals surface area (Å²) in [5.74, 6) is -0.674. The van der Waals surface area contributed by atoms with Crippen molar-refractivity contribution in [1.82, 2.24) is 9.97 Å². The van der Waals surface area contributed by atoms with Crippen LogP contribution in [0.3, 0.4) is 0 Å². The Kier molecular flexibility index (Phi) is 3.03. The van der Waals surface area contributed by atoms with Crippen molar-refractivity contribution in [3.8, 4) is 0 Å². The number of H-pyrrole nitrogens is 1. The van der Waals surface area contributed by atoms with Crippen LogP contribution in [0, 0.1) is 11.7 Å². The van der Waals surface area contributed by atoms with Gasteiger partial charge in [0, 0.05) is 18.0 Å². The van der Waals surface area contributed by atoms with Crippen LogP contribution < -0.4 is 5.32 Å². The van der Waals surface area contributed by atoms with Crippen LogP contribution >= 0.6 is 0 Å². The van der Waals surface area contributed by atoms with Gasteiger partial charge in [-0.25, -0.2) is 9.37 Å². The maximum atomic E-state index is 13.5. The highest BCUT2D eigenvalue weighted by atomic mass is 19.1. The summed E-state index contributed by atoms with van der Waals surface area (Å²) in [6.07, 6.45) is 3.82. The first-order valence-electron chi connectivity index (χ1n) is 6.30. The SMILES string of the molecule is O=C(Nc1ccccc1F)C1CCc2nc[nH]c2C1. The molecule has 5 heteroatoms. The van der Waals surface area contributed by atoms with E-state index in [2.05, 4.69) is 15.3 Å². The Balaban J connectivity index is 1.71. The number of benzene rings is 1. The van der Waals surface area contributed by atoms with Crippen molar-refractivity contribution in [1.29, 1.82) is 0 Å². The first-order chi connectivity index (χ1) is 9.24. The molecule has 0 bridgehead atoms. The Morgan fingerprint density at radius 2 is 2.26 bits per heavy atom. The lowest BCUT2D eigenvalue weighted by atomic mass is 9.89. The standard InChI is InChI=1S/C14H14FN3O/c15-10-3-1-2-4-11(10)18-14(19)9-5-6-12-13(7-9)17-8-16-12/h1-4,8-9H,5-7H2,(H,16,17)(H,18,19). The molecule has 2 aromatic rings. The zero-order chi connectivity index (χ0) is 13.2. The van der Waals surface area contributed by atoms with Crippen molar-refractivity contribution >= 4 is 11.6 Å². The van der Waals surface area contributed by atoms with Gasteiger partial charge in [-0.05, 0) is 25.0 Å². The molecule has 0 saturated heterocycles. The molecule has 0 fully saturated rings. The topological polar surface area (TPSA) is 57.8 Å². The summed E-state index contributed by atoms with van der Waals surface area (Å²) in [4.78, 5) is 19.4. The third-order valence-electron chi connectivity index (χ3n) is 3.49. The third-order valence-corrected chi connectivity index (χ3v) is 3.49. The summed E-state index contributed by atoms with van der Waals surface area (Å²) in [6.45, 7) is 0. The van der Waals surface area contributed by atoms with E-state index in [1.165, 1.54) is 6.07 Å². The van der Waals surface area contributed by atoms with Gasteiger partial charge in [0.25, 0.3) is 0 Å². The first kappa shape index (κ1) is 11.9. The number of carbonyl (C=O) groups is 1. The zero-order valence-corrected chi connectivity index (χ0v) is 10.3. The van der Waals surface area contributed by atoms with Crippen LogP contribution in [-0.4, -0.2) is 15.9 Å². The highest BCUT2D eigenvalue weighted by Crippen LogP contribution is 2.24. The van der Waals surface area contributed by atoms with Crippen LogP contribution in [-0.2, 0) is 17.6 Å². The Morgan fingerprint density at radius 1 is 1.42 bits per heavy atom. The number of aryl methyl sites for hydroxylation is 1. The number of halogens is 1. The molecule has 0 spiro atoms. The van der Waals surface area contributed by atoms with Crippen LogP contribution in [0.2, 0.25) is 0 Å². The fraction of sp³-hybridized carbons (Fsp3) is 0.286. The van der Waals surface area contributed by atoms with Crippen LogP contribution in [0.5, 0.6) is 0 Å². The van der Waals surface area contributed by atoms with Crippen molar-refractivity contribution in [2.24, 2.45) is 5.92 Å². The highest BCUT2D eigenvalue weighted by molar-refractivity contribution is 5.92. The molecule has 3 rings (SSSR count). The molecule has 19 heavy (non-hydrogen) atoms. The Hall–Kier alpha value is -2.17. The molecule has 1 aliphatic rings. The smallest absolute Gasteiger partial charge is 0.227 e. The van der Waals surface area contributed by atoms with Gasteiger partial charge in [0.1, 0.15) is 5.82 Å². The van der Waals surface area contributed by atoms with Crippen molar-refractivity contribution in [2.75, 3.05) is 5.32 Å².